The SMILES string of the molecule is CC(=O)N[N+]1(C)C(=O)C(C(C)=O)=Cc2cc(-c3ccc(Cl)cc3Cl)c(-c3ccc(Cl)cc3)nc21. The monoisotopic (exact) mass is 514 g/mol. The van der Waals surface area contributed by atoms with Crippen molar-refractivity contribution in [3.05, 3.63) is 74.7 Å². The van der Waals surface area contributed by atoms with Crippen LogP contribution in [0.1, 0.15) is 19.4 Å². The molecule has 2 amide bonds. The van der Waals surface area contributed by atoms with E-state index < -0.39 is 22.2 Å². The number of aromatic nitrogens is 1. The van der Waals surface area contributed by atoms with Gasteiger partial charge in [-0.1, -0.05) is 53.0 Å². The molecule has 0 aliphatic carbocycles. The van der Waals surface area contributed by atoms with E-state index in [0.29, 0.717) is 37.5 Å². The lowest BCUT2D eigenvalue weighted by molar-refractivity contribution is -0.136. The van der Waals surface area contributed by atoms with Crippen LogP contribution in [0.3, 0.4) is 0 Å². The van der Waals surface area contributed by atoms with E-state index in [0.717, 1.165) is 5.56 Å². The summed E-state index contributed by atoms with van der Waals surface area (Å²) in [7, 11) is 1.49. The van der Waals surface area contributed by atoms with Crippen LogP contribution >= 0.6 is 34.8 Å². The average Bonchev–Trinajstić information content (AvgIpc) is 2.76. The van der Waals surface area contributed by atoms with Gasteiger partial charge in [-0.25, -0.2) is 4.79 Å². The van der Waals surface area contributed by atoms with Crippen LogP contribution in [0.5, 0.6) is 0 Å². The predicted molar refractivity (Wildman–Crippen MR) is 135 cm³/mol. The quantitative estimate of drug-likeness (QED) is 0.348. The number of likely N-dealkylation sites (N-methyl/N-ethyl adjacent to an activating group) is 1. The molecule has 1 unspecified atom stereocenters. The predicted octanol–water partition coefficient (Wildman–Crippen LogP) is 5.88. The number of rotatable bonds is 4. The maximum Gasteiger partial charge on any atom is 0.380 e. The molecule has 1 N–H and O–H groups in total. The van der Waals surface area contributed by atoms with Crippen LogP contribution in [-0.4, -0.2) is 29.6 Å². The highest BCUT2D eigenvalue weighted by Crippen LogP contribution is 2.42. The summed E-state index contributed by atoms with van der Waals surface area (Å²) >= 11 is 18.7. The number of pyridine rings is 1. The number of halogens is 3. The van der Waals surface area contributed by atoms with E-state index in [1.54, 1.807) is 48.5 Å². The zero-order valence-electron chi connectivity index (χ0n) is 18.4. The summed E-state index contributed by atoms with van der Waals surface area (Å²) in [6.07, 6.45) is 1.49. The summed E-state index contributed by atoms with van der Waals surface area (Å²) in [6, 6.07) is 14.0. The summed E-state index contributed by atoms with van der Waals surface area (Å²) in [5.41, 5.74) is 5.65. The van der Waals surface area contributed by atoms with Crippen molar-refractivity contribution < 1.29 is 14.4 Å². The van der Waals surface area contributed by atoms with E-state index in [1.165, 1.54) is 27.0 Å². The first-order valence-electron chi connectivity index (χ1n) is 10.2. The smallest absolute Gasteiger partial charge is 0.294 e. The van der Waals surface area contributed by atoms with Crippen LogP contribution in [0.25, 0.3) is 28.5 Å². The Bertz CT molecular complexity index is 1400. The van der Waals surface area contributed by atoms with Crippen molar-refractivity contribution in [2.24, 2.45) is 0 Å². The number of nitrogens with one attached hydrogen (secondary N) is 1. The van der Waals surface area contributed by atoms with Crippen molar-refractivity contribution in [2.75, 3.05) is 7.05 Å². The Kier molecular flexibility index (Phi) is 6.36. The van der Waals surface area contributed by atoms with Crippen molar-refractivity contribution in [3.8, 4) is 22.4 Å². The molecule has 0 saturated carbocycles. The molecule has 1 aliphatic rings. The molecule has 1 atom stereocenters. The number of hydrogen-bond donors (Lipinski definition) is 1. The third kappa shape index (κ3) is 4.26. The Balaban J connectivity index is 2.09. The summed E-state index contributed by atoms with van der Waals surface area (Å²) in [5.74, 6) is -1.18. The molecule has 9 heteroatoms. The molecule has 0 radical (unpaired) electrons. The van der Waals surface area contributed by atoms with Crippen molar-refractivity contribution in [2.45, 2.75) is 13.8 Å². The first kappa shape index (κ1) is 24.1. The minimum atomic E-state index is -0.689. The number of hydrogen-bond acceptors (Lipinski definition) is 4. The maximum atomic E-state index is 13.3. The summed E-state index contributed by atoms with van der Waals surface area (Å²) in [6.45, 7) is 2.60. The molecular weight excluding hydrogens is 497 g/mol. The Morgan fingerprint density at radius 3 is 2.15 bits per heavy atom. The van der Waals surface area contributed by atoms with E-state index in [9.17, 15) is 14.4 Å². The fourth-order valence-electron chi connectivity index (χ4n) is 3.95. The zero-order chi connectivity index (χ0) is 24.8. The molecule has 0 fully saturated rings. The highest BCUT2D eigenvalue weighted by Gasteiger charge is 2.47. The normalized spacial score (nSPS) is 17.1. The first-order valence-corrected chi connectivity index (χ1v) is 11.3. The van der Waals surface area contributed by atoms with Gasteiger partial charge in [0.05, 0.1) is 11.3 Å². The number of carbonyl (C=O) groups is 3. The molecule has 1 aliphatic heterocycles. The van der Waals surface area contributed by atoms with E-state index in [-0.39, 0.29) is 11.4 Å². The van der Waals surface area contributed by atoms with Gasteiger partial charge in [0.1, 0.15) is 12.6 Å². The Labute approximate surface area is 211 Å². The topological polar surface area (TPSA) is 76.1 Å². The van der Waals surface area contributed by atoms with Crippen LogP contribution in [0.4, 0.5) is 5.82 Å². The standard InChI is InChI=1S/C25H18Cl3N3O3/c1-13(32)20-10-16-11-21(19-9-8-18(27)12-22(19)28)23(15-4-6-17(26)7-5-15)29-24(16)31(3,25(20)34)30-14(2)33/h4-12H,1-3H3/p+1. The van der Waals surface area contributed by atoms with E-state index in [1.807, 2.05) is 0 Å². The lowest BCUT2D eigenvalue weighted by Crippen LogP contribution is -2.64. The van der Waals surface area contributed by atoms with Gasteiger partial charge in [0, 0.05) is 38.7 Å². The first-order chi connectivity index (χ1) is 16.0. The Morgan fingerprint density at radius 2 is 1.56 bits per heavy atom. The van der Waals surface area contributed by atoms with Gasteiger partial charge in [0.2, 0.25) is 0 Å². The molecule has 4 rings (SSSR count). The lowest BCUT2D eigenvalue weighted by Gasteiger charge is -2.33. The second-order valence-corrected chi connectivity index (χ2v) is 9.30. The van der Waals surface area contributed by atoms with Crippen molar-refractivity contribution in [1.29, 1.82) is 0 Å². The summed E-state index contributed by atoms with van der Waals surface area (Å²) in [5, 5.41) is 1.44. The van der Waals surface area contributed by atoms with E-state index >= 15 is 0 Å². The third-order valence-electron chi connectivity index (χ3n) is 5.49. The molecular formula is C25H19Cl3N3O3+. The Morgan fingerprint density at radius 1 is 0.912 bits per heavy atom. The molecule has 0 saturated heterocycles. The maximum absolute atomic E-state index is 13.3. The fourth-order valence-corrected chi connectivity index (χ4v) is 4.59. The number of amides is 2. The lowest BCUT2D eigenvalue weighted by atomic mass is 9.94. The second-order valence-electron chi connectivity index (χ2n) is 8.02. The number of ketones is 1. The highest BCUT2D eigenvalue weighted by molar-refractivity contribution is 6.36. The zero-order valence-corrected chi connectivity index (χ0v) is 20.7. The largest absolute Gasteiger partial charge is 0.380 e. The molecule has 2 aromatic carbocycles. The molecule has 34 heavy (non-hydrogen) atoms. The van der Waals surface area contributed by atoms with Crippen LogP contribution in [0.15, 0.2) is 54.1 Å². The van der Waals surface area contributed by atoms with Crippen molar-refractivity contribution in [3.63, 3.8) is 0 Å². The molecule has 1 aromatic heterocycles. The number of nitrogens with zero attached hydrogens (tertiary/aromatic N) is 2. The van der Waals surface area contributed by atoms with Crippen LogP contribution in [0.2, 0.25) is 15.1 Å². The van der Waals surface area contributed by atoms with Gasteiger partial charge in [-0.05, 0) is 43.3 Å². The fraction of sp³-hybridized carbons (Fsp3) is 0.120. The van der Waals surface area contributed by atoms with Crippen LogP contribution in [-0.2, 0) is 14.4 Å². The minimum Gasteiger partial charge on any atom is -0.294 e. The molecule has 6 nitrogen and oxygen atoms in total. The average molecular weight is 516 g/mol. The van der Waals surface area contributed by atoms with Gasteiger partial charge in [-0.15, -0.1) is 4.59 Å². The van der Waals surface area contributed by atoms with Crippen LogP contribution < -0.4 is 10.0 Å². The highest BCUT2D eigenvalue weighted by atomic mass is 35.5. The van der Waals surface area contributed by atoms with Gasteiger partial charge in [0.15, 0.2) is 5.78 Å². The number of quaternary nitrogens is 1. The van der Waals surface area contributed by atoms with Gasteiger partial charge < -0.3 is 0 Å². The van der Waals surface area contributed by atoms with Crippen LogP contribution in [0, 0.1) is 0 Å². The molecule has 0 spiro atoms. The Hall–Kier alpha value is -3.03. The van der Waals surface area contributed by atoms with Crippen molar-refractivity contribution in [1.82, 2.24) is 15.0 Å². The van der Waals surface area contributed by atoms with Gasteiger partial charge in [-0.2, -0.15) is 10.4 Å². The second kappa shape index (κ2) is 8.96. The summed E-state index contributed by atoms with van der Waals surface area (Å²) < 4.78 is -0.689. The van der Waals surface area contributed by atoms with Gasteiger partial charge >= 0.3 is 5.91 Å². The number of carbonyl (C=O) groups excluding carboxylic acids is 3. The third-order valence-corrected chi connectivity index (χ3v) is 6.29. The van der Waals surface area contributed by atoms with Crippen molar-refractivity contribution >= 4 is 64.3 Å². The minimum absolute atomic E-state index is 0.0436. The van der Waals surface area contributed by atoms with Gasteiger partial charge in [0.25, 0.3) is 11.7 Å². The van der Waals surface area contributed by atoms with E-state index in [4.69, 9.17) is 39.8 Å². The molecule has 3 aromatic rings. The molecule has 172 valence electrons. The molecule has 2 heterocycles. The number of benzene rings is 2. The number of Topliss-reactive ketones (excluding diaryl/α,β-unsaturated/α-hetero) is 1. The molecule has 0 bridgehead atoms. The number of fused-ring (bicyclic) bond motifs is 1. The van der Waals surface area contributed by atoms with E-state index in [2.05, 4.69) is 5.43 Å². The summed E-state index contributed by atoms with van der Waals surface area (Å²) in [4.78, 5) is 42.5. The van der Waals surface area contributed by atoms with Gasteiger partial charge in [-0.3, -0.25) is 9.59 Å².